The maximum absolute atomic E-state index is 9.59. The number of rotatable bonds is 0. The van der Waals surface area contributed by atoms with Crippen LogP contribution < -0.4 is 21.9 Å². The van der Waals surface area contributed by atoms with Crippen LogP contribution in [0.4, 0.5) is 11.4 Å². The van der Waals surface area contributed by atoms with Crippen LogP contribution in [-0.2, 0) is 0 Å². The Kier molecular flexibility index (Phi) is 2.17. The van der Waals surface area contributed by atoms with E-state index in [2.05, 4.69) is 101 Å². The number of hydrogen-bond donors (Lipinski definition) is 0. The van der Waals surface area contributed by atoms with Crippen molar-refractivity contribution < 1.29 is 0 Å². The van der Waals surface area contributed by atoms with Gasteiger partial charge in [-0.1, -0.05) is 0 Å². The summed E-state index contributed by atoms with van der Waals surface area (Å²) in [7, 11) is 4.38. The van der Waals surface area contributed by atoms with Gasteiger partial charge in [0.15, 0.2) is 0 Å². The molecule has 1 spiro atoms. The fourth-order valence-corrected chi connectivity index (χ4v) is 18.0. The van der Waals surface area contributed by atoms with Crippen LogP contribution in [0.3, 0.4) is 0 Å². The fraction of sp³-hybridized carbons (Fsp3) is 0.190. The first-order valence-corrected chi connectivity index (χ1v) is 13.3. The molecule has 0 amide bonds. The predicted octanol–water partition coefficient (Wildman–Crippen LogP) is 1.71. The Balaban J connectivity index is 1.74. The van der Waals surface area contributed by atoms with Crippen molar-refractivity contribution in [3.63, 3.8) is 0 Å². The van der Waals surface area contributed by atoms with E-state index in [4.69, 9.17) is 0 Å². The molecule has 3 unspecified atom stereocenters. The van der Waals surface area contributed by atoms with Gasteiger partial charge in [0.2, 0.25) is 0 Å². The Morgan fingerprint density at radius 2 is 1.44 bits per heavy atom. The molecular formula is C21H19LrN5. The van der Waals surface area contributed by atoms with Crippen molar-refractivity contribution in [1.82, 2.24) is 9.80 Å². The van der Waals surface area contributed by atoms with Crippen LogP contribution in [-0.4, -0.2) is 37.2 Å². The van der Waals surface area contributed by atoms with Gasteiger partial charge in [-0.3, -0.25) is 0 Å². The van der Waals surface area contributed by atoms with Crippen LogP contribution in [0.25, 0.3) is 0 Å². The van der Waals surface area contributed by atoms with Crippen LogP contribution in [0.15, 0.2) is 67.3 Å². The minimum atomic E-state index is -2.82. The van der Waals surface area contributed by atoms with E-state index >= 15 is 0 Å². The molecule has 0 saturated heterocycles. The van der Waals surface area contributed by atoms with Gasteiger partial charge < -0.3 is 0 Å². The van der Waals surface area contributed by atoms with Gasteiger partial charge >= 0.3 is 155 Å². The summed E-state index contributed by atoms with van der Waals surface area (Å²) in [5, 5.41) is 9.59. The third kappa shape index (κ3) is 1.31. The Bertz CT molecular complexity index is 1080. The number of hydrogen-bond acceptors (Lipinski definition) is 5. The van der Waals surface area contributed by atoms with Crippen molar-refractivity contribution in [1.29, 1.82) is 5.26 Å². The summed E-state index contributed by atoms with van der Waals surface area (Å²) in [6.45, 7) is 0.625. The number of para-hydroxylation sites is 1. The number of anilines is 2. The Morgan fingerprint density at radius 1 is 0.815 bits per heavy atom. The van der Waals surface area contributed by atoms with E-state index in [9.17, 15) is 5.26 Å². The zero-order chi connectivity index (χ0) is 18.3. The first-order chi connectivity index (χ1) is 13.2. The summed E-state index contributed by atoms with van der Waals surface area (Å²) in [4.78, 5) is 9.66. The second-order valence-electron chi connectivity index (χ2n) is 6.79. The first kappa shape index (κ1) is 13.9. The summed E-state index contributed by atoms with van der Waals surface area (Å²) in [6.07, 6.45) is 8.82. The zero-order valence-electron chi connectivity index (χ0n) is 15.0. The third-order valence-corrected chi connectivity index (χ3v) is 17.2. The quantitative estimate of drug-likeness (QED) is 0.459. The molecule has 143 valence electrons. The number of nitrogens with zero attached hydrogens (tertiary/aromatic N) is 5. The fourth-order valence-electron chi connectivity index (χ4n) is 4.05. The zero-order valence-corrected chi connectivity index (χ0v) is 17.1. The van der Waals surface area contributed by atoms with Gasteiger partial charge in [0, 0.05) is 0 Å². The van der Waals surface area contributed by atoms with Crippen LogP contribution in [0.5, 0.6) is 0 Å². The summed E-state index contributed by atoms with van der Waals surface area (Å²) >= 11 is 0. The molecule has 6 heteroatoms. The average Bonchev–Trinajstić information content (AvgIpc) is 3.40. The Morgan fingerprint density at radius 3 is 2.11 bits per heavy atom. The Hall–Kier alpha value is -4.39. The van der Waals surface area contributed by atoms with Gasteiger partial charge in [-0.15, -0.1) is 0 Å². The molecule has 0 radical (unpaired) electrons. The summed E-state index contributed by atoms with van der Waals surface area (Å²) in [5.74, 6) is 0. The number of benzene rings is 2. The van der Waals surface area contributed by atoms with E-state index in [1.54, 1.807) is 0 Å². The van der Waals surface area contributed by atoms with E-state index in [-0.39, 0.29) is 0 Å². The van der Waals surface area contributed by atoms with E-state index in [1.807, 2.05) is 6.07 Å². The molecule has 0 aromatic heterocycles. The van der Waals surface area contributed by atoms with Crippen LogP contribution in [0, 0.1) is 11.3 Å². The van der Waals surface area contributed by atoms with Crippen molar-refractivity contribution in [2.75, 3.05) is 23.9 Å². The molecule has 0 N–H and O–H groups in total. The molecule has 4 heterocycles. The predicted molar refractivity (Wildman–Crippen MR) is 103 cm³/mol. The standard InChI is InChI=1S/C11H9N3.C10H10N2.Lr/c1-13-6-7-14(9-13)11-4-2-10(8-12)3-5-11;1-11-7-8-12(9-11)10-5-3-2-4-6-10;/h2-4,6-7,9H,1H3;2-5,7-9H,1H3;. The molecule has 2 aromatic carbocycles. The second kappa shape index (κ2) is 4.23. The SMILES string of the molecule is CN1C=CN2c3cccc[c]3[Lr]3([c]4cc(C#N)ccc4N4C=CN(C)[CH]43)[CH]12. The summed E-state index contributed by atoms with van der Waals surface area (Å²) in [6, 6.07) is 20.4. The minimum absolute atomic E-state index is 0.312. The molecular weight excluding hydrogens is 584 g/mol. The molecule has 6 rings (SSSR count). The molecule has 0 fully saturated rings. The molecule has 4 aliphatic rings. The van der Waals surface area contributed by atoms with Crippen molar-refractivity contribution in [2.24, 2.45) is 0 Å². The molecule has 0 bridgehead atoms. The van der Waals surface area contributed by atoms with Gasteiger partial charge in [0.25, 0.3) is 0 Å². The van der Waals surface area contributed by atoms with E-state index in [0.29, 0.717) is 13.3 Å². The van der Waals surface area contributed by atoms with E-state index < -0.39 is 0 Å². The molecule has 0 saturated carbocycles. The van der Waals surface area contributed by atoms with E-state index in [1.165, 1.54) is 23.5 Å². The Labute approximate surface area is 155 Å². The summed E-state index contributed by atoms with van der Waals surface area (Å²) < 4.78 is -2.82. The van der Waals surface area contributed by atoms with Crippen molar-refractivity contribution in [2.45, 2.75) is 13.3 Å². The summed E-state index contributed by atoms with van der Waals surface area (Å²) in [5.41, 5.74) is 3.35. The maximum atomic E-state index is 9.59. The number of fused-ring (bicyclic) bond motifs is 10. The topological polar surface area (TPSA) is 36.8 Å². The van der Waals surface area contributed by atoms with Gasteiger partial charge in [0.1, 0.15) is 0 Å². The molecule has 0 aliphatic carbocycles. The van der Waals surface area contributed by atoms with Crippen LogP contribution >= 0.6 is 0 Å². The van der Waals surface area contributed by atoms with Crippen LogP contribution in [0.1, 0.15) is 5.56 Å². The molecule has 3 atom stereocenters. The second-order valence-corrected chi connectivity index (χ2v) is 15.1. The van der Waals surface area contributed by atoms with Crippen molar-refractivity contribution in [3.8, 4) is 6.07 Å². The molecule has 27 heavy (non-hydrogen) atoms. The molecule has 4 aliphatic heterocycles. The monoisotopic (exact) mass is 603 g/mol. The van der Waals surface area contributed by atoms with Crippen molar-refractivity contribution in [3.05, 3.63) is 72.8 Å². The van der Waals surface area contributed by atoms with Gasteiger partial charge in [0.05, 0.1) is 0 Å². The number of nitriles is 1. The third-order valence-electron chi connectivity index (χ3n) is 5.16. The van der Waals surface area contributed by atoms with Crippen molar-refractivity contribution >= 4 is 23.5 Å². The molecule has 5 nitrogen and oxygen atoms in total. The van der Waals surface area contributed by atoms with Gasteiger partial charge in [-0.2, -0.15) is 0 Å². The first-order valence-electron chi connectivity index (χ1n) is 8.67. The average molecular weight is 603 g/mol. The van der Waals surface area contributed by atoms with Gasteiger partial charge in [-0.05, 0) is 0 Å². The van der Waals surface area contributed by atoms with Gasteiger partial charge in [-0.25, -0.2) is 0 Å². The normalized spacial score (nSPS) is 28.6. The van der Waals surface area contributed by atoms with E-state index in [0.717, 1.165) is 5.56 Å². The van der Waals surface area contributed by atoms with Crippen LogP contribution in [0.2, 0.25) is 0 Å². The molecule has 2 aromatic rings.